The van der Waals surface area contributed by atoms with E-state index in [2.05, 4.69) is 29.2 Å². The Labute approximate surface area is 178 Å². The van der Waals surface area contributed by atoms with Crippen molar-refractivity contribution in [3.05, 3.63) is 71.8 Å². The fourth-order valence-corrected chi connectivity index (χ4v) is 3.44. The van der Waals surface area contributed by atoms with Crippen molar-refractivity contribution in [1.29, 1.82) is 0 Å². The second kappa shape index (κ2) is 11.3. The summed E-state index contributed by atoms with van der Waals surface area (Å²) in [5.74, 6) is 0.967. The summed E-state index contributed by atoms with van der Waals surface area (Å²) in [5, 5.41) is 0. The molecule has 30 heavy (non-hydrogen) atoms. The number of hydrogen-bond donors (Lipinski definition) is 0. The molecule has 2 aromatic rings. The molecule has 0 bridgehead atoms. The quantitative estimate of drug-likeness (QED) is 0.468. The first kappa shape index (κ1) is 21.8. The van der Waals surface area contributed by atoms with Crippen molar-refractivity contribution in [1.82, 2.24) is 9.80 Å². The molecule has 5 heteroatoms. The Morgan fingerprint density at radius 3 is 2.33 bits per heavy atom. The highest BCUT2D eigenvalue weighted by Crippen LogP contribution is 2.13. The lowest BCUT2D eigenvalue weighted by Crippen LogP contribution is -2.48. The summed E-state index contributed by atoms with van der Waals surface area (Å²) in [5.41, 5.74) is 1.88. The van der Waals surface area contributed by atoms with E-state index in [4.69, 9.17) is 4.74 Å². The van der Waals surface area contributed by atoms with Crippen LogP contribution in [0.3, 0.4) is 0 Å². The third-order valence-electron chi connectivity index (χ3n) is 5.26. The zero-order valence-electron chi connectivity index (χ0n) is 17.6. The number of carbonyl (C=O) groups is 2. The highest BCUT2D eigenvalue weighted by atomic mass is 16.5. The van der Waals surface area contributed by atoms with Gasteiger partial charge in [-0.25, -0.2) is 0 Å². The Hall–Kier alpha value is -2.92. The summed E-state index contributed by atoms with van der Waals surface area (Å²) in [4.78, 5) is 28.0. The molecule has 1 aliphatic rings. The fourth-order valence-electron chi connectivity index (χ4n) is 3.44. The average molecular weight is 407 g/mol. The standard InChI is InChI=1S/C25H30N2O3/c1-21(28)23-11-13-24(14-12-23)30-20-6-10-25(29)27-18-16-26(17-19-27)15-5-9-22-7-3-2-4-8-22/h2-5,7-9,11-14H,6,10,15-20H2,1H3. The molecule has 2 aromatic carbocycles. The Balaban J connectivity index is 1.30. The Kier molecular flexibility index (Phi) is 8.21. The van der Waals surface area contributed by atoms with Gasteiger partial charge < -0.3 is 9.64 Å². The maximum atomic E-state index is 12.4. The summed E-state index contributed by atoms with van der Waals surface area (Å²) in [6.45, 7) is 6.33. The van der Waals surface area contributed by atoms with Gasteiger partial charge in [-0.2, -0.15) is 0 Å². The van der Waals surface area contributed by atoms with Crippen LogP contribution in [0.15, 0.2) is 60.7 Å². The molecular formula is C25H30N2O3. The van der Waals surface area contributed by atoms with Crippen LogP contribution >= 0.6 is 0 Å². The topological polar surface area (TPSA) is 49.9 Å². The molecule has 0 saturated carbocycles. The van der Waals surface area contributed by atoms with Gasteiger partial charge in [-0.05, 0) is 43.2 Å². The van der Waals surface area contributed by atoms with E-state index < -0.39 is 0 Å². The lowest BCUT2D eigenvalue weighted by atomic mass is 10.1. The number of piperazine rings is 1. The molecule has 0 aliphatic carbocycles. The number of hydrogen-bond acceptors (Lipinski definition) is 4. The van der Waals surface area contributed by atoms with Crippen LogP contribution in [0.5, 0.6) is 5.75 Å². The number of amides is 1. The minimum Gasteiger partial charge on any atom is -0.494 e. The first-order valence-corrected chi connectivity index (χ1v) is 10.6. The molecule has 5 nitrogen and oxygen atoms in total. The first-order chi connectivity index (χ1) is 14.6. The van der Waals surface area contributed by atoms with E-state index in [1.165, 1.54) is 5.56 Å². The van der Waals surface area contributed by atoms with Gasteiger partial charge >= 0.3 is 0 Å². The fraction of sp³-hybridized carbons (Fsp3) is 0.360. The molecule has 1 fully saturated rings. The molecule has 158 valence electrons. The van der Waals surface area contributed by atoms with E-state index in [0.29, 0.717) is 25.0 Å². The van der Waals surface area contributed by atoms with Crippen LogP contribution in [-0.4, -0.2) is 60.8 Å². The van der Waals surface area contributed by atoms with Crippen LogP contribution in [0, 0.1) is 0 Å². The summed E-state index contributed by atoms with van der Waals surface area (Å²) < 4.78 is 5.68. The van der Waals surface area contributed by atoms with Gasteiger partial charge in [-0.15, -0.1) is 0 Å². The molecule has 1 heterocycles. The summed E-state index contributed by atoms with van der Waals surface area (Å²) >= 11 is 0. The SMILES string of the molecule is CC(=O)c1ccc(OCCCC(=O)N2CCN(CC=Cc3ccccc3)CC2)cc1. The zero-order chi connectivity index (χ0) is 21.2. The van der Waals surface area contributed by atoms with Crippen molar-refractivity contribution in [3.8, 4) is 5.75 Å². The predicted octanol–water partition coefficient (Wildman–Crippen LogP) is 3.91. The summed E-state index contributed by atoms with van der Waals surface area (Å²) in [6.07, 6.45) is 5.52. The second-order valence-electron chi connectivity index (χ2n) is 7.53. The Morgan fingerprint density at radius 2 is 1.67 bits per heavy atom. The maximum Gasteiger partial charge on any atom is 0.222 e. The van der Waals surface area contributed by atoms with Crippen molar-refractivity contribution >= 4 is 17.8 Å². The van der Waals surface area contributed by atoms with Crippen molar-refractivity contribution in [3.63, 3.8) is 0 Å². The lowest BCUT2D eigenvalue weighted by Gasteiger charge is -2.34. The zero-order valence-corrected chi connectivity index (χ0v) is 17.6. The number of ether oxygens (including phenoxy) is 1. The van der Waals surface area contributed by atoms with E-state index in [9.17, 15) is 9.59 Å². The van der Waals surface area contributed by atoms with Gasteiger partial charge in [0.2, 0.25) is 5.91 Å². The number of rotatable bonds is 9. The van der Waals surface area contributed by atoms with E-state index in [1.54, 1.807) is 31.2 Å². The number of nitrogens with zero attached hydrogens (tertiary/aromatic N) is 2. The van der Waals surface area contributed by atoms with Gasteiger partial charge in [0.05, 0.1) is 6.61 Å². The molecule has 0 unspecified atom stereocenters. The molecular weight excluding hydrogens is 376 g/mol. The van der Waals surface area contributed by atoms with E-state index in [1.807, 2.05) is 23.1 Å². The molecule has 0 N–H and O–H groups in total. The van der Waals surface area contributed by atoms with Crippen LogP contribution < -0.4 is 4.74 Å². The molecule has 1 aliphatic heterocycles. The summed E-state index contributed by atoms with van der Waals surface area (Å²) in [6, 6.07) is 17.4. The molecule has 3 rings (SSSR count). The Morgan fingerprint density at radius 1 is 0.967 bits per heavy atom. The second-order valence-corrected chi connectivity index (χ2v) is 7.53. The van der Waals surface area contributed by atoms with Crippen molar-refractivity contribution in [2.45, 2.75) is 19.8 Å². The Bertz CT molecular complexity index is 838. The summed E-state index contributed by atoms with van der Waals surface area (Å²) in [7, 11) is 0. The first-order valence-electron chi connectivity index (χ1n) is 10.6. The van der Waals surface area contributed by atoms with Gasteiger partial charge in [0.1, 0.15) is 5.75 Å². The van der Waals surface area contributed by atoms with Crippen LogP contribution in [0.25, 0.3) is 6.08 Å². The normalized spacial score (nSPS) is 14.8. The smallest absolute Gasteiger partial charge is 0.222 e. The number of benzene rings is 2. The molecule has 1 amide bonds. The van der Waals surface area contributed by atoms with Crippen LogP contribution in [-0.2, 0) is 4.79 Å². The maximum absolute atomic E-state index is 12.4. The molecule has 0 radical (unpaired) electrons. The highest BCUT2D eigenvalue weighted by Gasteiger charge is 2.19. The lowest BCUT2D eigenvalue weighted by molar-refractivity contribution is -0.133. The average Bonchev–Trinajstić information content (AvgIpc) is 2.78. The van der Waals surface area contributed by atoms with Crippen LogP contribution in [0.2, 0.25) is 0 Å². The number of carbonyl (C=O) groups excluding carboxylic acids is 2. The number of Topliss-reactive ketones (excluding diaryl/α,β-unsaturated/α-hetero) is 1. The van der Waals surface area contributed by atoms with E-state index in [0.717, 1.165) is 38.5 Å². The third kappa shape index (κ3) is 6.85. The van der Waals surface area contributed by atoms with Crippen molar-refractivity contribution < 1.29 is 14.3 Å². The van der Waals surface area contributed by atoms with Gasteiger partial charge in [-0.3, -0.25) is 14.5 Å². The third-order valence-corrected chi connectivity index (χ3v) is 5.26. The molecule has 0 atom stereocenters. The van der Waals surface area contributed by atoms with Gasteiger partial charge in [0.25, 0.3) is 0 Å². The van der Waals surface area contributed by atoms with Crippen molar-refractivity contribution in [2.24, 2.45) is 0 Å². The van der Waals surface area contributed by atoms with Gasteiger partial charge in [0.15, 0.2) is 5.78 Å². The molecule has 1 saturated heterocycles. The van der Waals surface area contributed by atoms with Crippen molar-refractivity contribution in [2.75, 3.05) is 39.3 Å². The van der Waals surface area contributed by atoms with Gasteiger partial charge in [-0.1, -0.05) is 42.5 Å². The molecule has 0 spiro atoms. The predicted molar refractivity (Wildman–Crippen MR) is 120 cm³/mol. The van der Waals surface area contributed by atoms with Gasteiger partial charge in [0, 0.05) is 44.7 Å². The minimum absolute atomic E-state index is 0.0412. The van der Waals surface area contributed by atoms with E-state index >= 15 is 0 Å². The number of ketones is 1. The monoisotopic (exact) mass is 406 g/mol. The molecule has 0 aromatic heterocycles. The van der Waals surface area contributed by atoms with Crippen LogP contribution in [0.4, 0.5) is 0 Å². The highest BCUT2D eigenvalue weighted by molar-refractivity contribution is 5.94. The van der Waals surface area contributed by atoms with E-state index in [-0.39, 0.29) is 11.7 Å². The largest absolute Gasteiger partial charge is 0.494 e. The minimum atomic E-state index is 0.0412. The van der Waals surface area contributed by atoms with Crippen LogP contribution in [0.1, 0.15) is 35.7 Å².